The van der Waals surface area contributed by atoms with E-state index < -0.39 is 0 Å². The molecule has 0 atom stereocenters. The molecule has 0 spiro atoms. The summed E-state index contributed by atoms with van der Waals surface area (Å²) >= 11 is 3.26. The number of allylic oxidation sites excluding steroid dienone is 1. The maximum absolute atomic E-state index is 3.26. The van der Waals surface area contributed by atoms with Crippen LogP contribution in [-0.4, -0.2) is 5.33 Å². The van der Waals surface area contributed by atoms with Crippen LogP contribution in [0.5, 0.6) is 0 Å². The lowest BCUT2D eigenvalue weighted by molar-refractivity contribution is 1.64. The number of halogens is 1. The third-order valence-electron chi connectivity index (χ3n) is 1.15. The first-order valence-corrected chi connectivity index (χ1v) is 4.23. The molecule has 0 nitrogen and oxygen atoms in total. The van der Waals surface area contributed by atoms with E-state index >= 15 is 0 Å². The third kappa shape index (κ3) is 2.30. The topological polar surface area (TPSA) is 0 Å². The van der Waals surface area contributed by atoms with E-state index in [9.17, 15) is 0 Å². The van der Waals surface area contributed by atoms with Crippen LogP contribution >= 0.6 is 15.9 Å². The Labute approximate surface area is 69.7 Å². The van der Waals surface area contributed by atoms with Gasteiger partial charge in [-0.15, -0.1) is 0 Å². The molecule has 50 valence electrons. The van der Waals surface area contributed by atoms with E-state index in [-0.39, 0.29) is 0 Å². The molecule has 0 amide bonds. The minimum absolute atomic E-state index is 0.794. The fraction of sp³-hybridized carbons (Fsp3) is 0.111. The minimum atomic E-state index is 0.794. The van der Waals surface area contributed by atoms with Crippen molar-refractivity contribution < 1.29 is 0 Å². The van der Waals surface area contributed by atoms with Crippen LogP contribution in [-0.2, 0) is 0 Å². The zero-order chi connectivity index (χ0) is 7.23. The summed E-state index contributed by atoms with van der Waals surface area (Å²) in [5.41, 5.74) is 1.20. The molecule has 1 aromatic carbocycles. The van der Waals surface area contributed by atoms with Crippen LogP contribution in [0.15, 0.2) is 30.3 Å². The summed E-state index contributed by atoms with van der Waals surface area (Å²) in [5.74, 6) is 0. The summed E-state index contributed by atoms with van der Waals surface area (Å²) in [4.78, 5) is 0. The van der Waals surface area contributed by atoms with Gasteiger partial charge < -0.3 is 0 Å². The Hall–Kier alpha value is -0.650. The molecular formula is C9H8Br+. The highest BCUT2D eigenvalue weighted by molar-refractivity contribution is 9.09. The van der Waals surface area contributed by atoms with Crippen LogP contribution in [0.25, 0.3) is 6.08 Å². The van der Waals surface area contributed by atoms with Crippen molar-refractivity contribution >= 4 is 22.0 Å². The molecule has 0 unspecified atom stereocenters. The Kier molecular flexibility index (Phi) is 3.14. The predicted molar refractivity (Wildman–Crippen MR) is 47.9 cm³/mol. The van der Waals surface area contributed by atoms with Gasteiger partial charge >= 0.3 is 0 Å². The summed E-state index contributed by atoms with van der Waals surface area (Å²) in [6.45, 7) is 0. The van der Waals surface area contributed by atoms with Crippen LogP contribution in [0, 0.1) is 6.08 Å². The van der Waals surface area contributed by atoms with Gasteiger partial charge in [0.05, 0.1) is 6.08 Å². The van der Waals surface area contributed by atoms with Crippen LogP contribution in [0.4, 0.5) is 0 Å². The molecule has 1 rings (SSSR count). The van der Waals surface area contributed by atoms with Gasteiger partial charge in [-0.2, -0.15) is 0 Å². The van der Waals surface area contributed by atoms with Crippen LogP contribution in [0.1, 0.15) is 5.56 Å². The fourth-order valence-corrected chi connectivity index (χ4v) is 0.868. The molecule has 0 aliphatic carbocycles. The molecule has 10 heavy (non-hydrogen) atoms. The monoisotopic (exact) mass is 195 g/mol. The van der Waals surface area contributed by atoms with Gasteiger partial charge in [-0.25, -0.2) is 0 Å². The number of alkyl halides is 1. The highest BCUT2D eigenvalue weighted by atomic mass is 79.9. The van der Waals surface area contributed by atoms with Gasteiger partial charge in [-0.1, -0.05) is 22.0 Å². The Balaban J connectivity index is 2.67. The second-order valence-electron chi connectivity index (χ2n) is 1.89. The van der Waals surface area contributed by atoms with Crippen molar-refractivity contribution in [3.63, 3.8) is 0 Å². The maximum atomic E-state index is 3.26. The van der Waals surface area contributed by atoms with Gasteiger partial charge in [-0.3, -0.25) is 0 Å². The molecule has 0 heterocycles. The van der Waals surface area contributed by atoms with E-state index in [2.05, 4.69) is 34.1 Å². The van der Waals surface area contributed by atoms with Gasteiger partial charge in [0.2, 0.25) is 0 Å². The molecule has 1 aromatic rings. The average molecular weight is 196 g/mol. The summed E-state index contributed by atoms with van der Waals surface area (Å²) in [7, 11) is 0. The largest absolute Gasteiger partial charge is 0.163 e. The zero-order valence-corrected chi connectivity index (χ0v) is 7.14. The van der Waals surface area contributed by atoms with E-state index in [1.165, 1.54) is 5.56 Å². The van der Waals surface area contributed by atoms with E-state index in [1.54, 1.807) is 0 Å². The highest BCUT2D eigenvalue weighted by Crippen LogP contribution is 2.00. The first-order chi connectivity index (χ1) is 4.93. The summed E-state index contributed by atoms with van der Waals surface area (Å²) < 4.78 is 0. The molecule has 0 aromatic heterocycles. The summed E-state index contributed by atoms with van der Waals surface area (Å²) in [5, 5.41) is 0.794. The molecular weight excluding hydrogens is 188 g/mol. The summed E-state index contributed by atoms with van der Waals surface area (Å²) in [6.07, 6.45) is 5.02. The smallest absolute Gasteiger partial charge is 0.0586 e. The molecule has 0 aliphatic rings. The zero-order valence-electron chi connectivity index (χ0n) is 5.55. The minimum Gasteiger partial charge on any atom is -0.0586 e. The van der Waals surface area contributed by atoms with Gasteiger partial charge in [-0.05, 0) is 12.1 Å². The van der Waals surface area contributed by atoms with Crippen molar-refractivity contribution in [3.8, 4) is 0 Å². The van der Waals surface area contributed by atoms with Gasteiger partial charge in [0.25, 0.3) is 0 Å². The first kappa shape index (κ1) is 7.46. The van der Waals surface area contributed by atoms with Gasteiger partial charge in [0.1, 0.15) is 10.9 Å². The normalized spacial score (nSPS) is 9.70. The van der Waals surface area contributed by atoms with Crippen LogP contribution < -0.4 is 0 Å². The Morgan fingerprint density at radius 2 is 2.00 bits per heavy atom. The number of rotatable bonds is 2. The Bertz CT molecular complexity index is 201. The maximum Gasteiger partial charge on any atom is 0.163 e. The first-order valence-electron chi connectivity index (χ1n) is 3.11. The quantitative estimate of drug-likeness (QED) is 0.503. The number of hydrogen-bond acceptors (Lipinski definition) is 0. The van der Waals surface area contributed by atoms with E-state index in [1.807, 2.05) is 24.3 Å². The standard InChI is InChI=1S/C9H8Br/c10-8-4-7-9-5-2-1-3-6-9/h1-3,5-7H,8H2/q+1. The fourth-order valence-electron chi connectivity index (χ4n) is 0.706. The number of hydrogen-bond donors (Lipinski definition) is 0. The average Bonchev–Trinajstić information content (AvgIpc) is 2.03. The lowest BCUT2D eigenvalue weighted by atomic mass is 10.2. The highest BCUT2D eigenvalue weighted by Gasteiger charge is 1.91. The van der Waals surface area contributed by atoms with E-state index in [0.29, 0.717) is 0 Å². The van der Waals surface area contributed by atoms with Crippen molar-refractivity contribution in [2.24, 2.45) is 0 Å². The molecule has 0 bridgehead atoms. The van der Waals surface area contributed by atoms with Crippen molar-refractivity contribution in [3.05, 3.63) is 42.0 Å². The van der Waals surface area contributed by atoms with Crippen molar-refractivity contribution in [1.29, 1.82) is 0 Å². The molecule has 0 radical (unpaired) electrons. The van der Waals surface area contributed by atoms with E-state index in [4.69, 9.17) is 0 Å². The lowest BCUT2D eigenvalue weighted by Crippen LogP contribution is -1.68. The van der Waals surface area contributed by atoms with Crippen molar-refractivity contribution in [2.45, 2.75) is 0 Å². The molecule has 0 aliphatic heterocycles. The van der Waals surface area contributed by atoms with Crippen molar-refractivity contribution in [2.75, 3.05) is 5.33 Å². The van der Waals surface area contributed by atoms with Gasteiger partial charge in [0.15, 0.2) is 6.08 Å². The van der Waals surface area contributed by atoms with Crippen LogP contribution in [0.2, 0.25) is 0 Å². The Morgan fingerprint density at radius 1 is 1.30 bits per heavy atom. The lowest BCUT2D eigenvalue weighted by Gasteiger charge is -1.77. The summed E-state index contributed by atoms with van der Waals surface area (Å²) in [6, 6.07) is 10.1. The molecule has 0 N–H and O–H groups in total. The molecule has 0 saturated heterocycles. The van der Waals surface area contributed by atoms with Gasteiger partial charge in [0, 0.05) is 12.1 Å². The van der Waals surface area contributed by atoms with Crippen LogP contribution in [0.3, 0.4) is 0 Å². The third-order valence-corrected chi connectivity index (χ3v) is 1.47. The SMILES string of the molecule is BrC[C+]=Cc1ccccc1. The number of benzene rings is 1. The molecule has 0 saturated carbocycles. The van der Waals surface area contributed by atoms with E-state index in [0.717, 1.165) is 5.33 Å². The molecule has 1 heteroatoms. The second kappa shape index (κ2) is 4.21. The van der Waals surface area contributed by atoms with Crippen molar-refractivity contribution in [1.82, 2.24) is 0 Å². The molecule has 0 fully saturated rings. The Morgan fingerprint density at radius 3 is 2.60 bits per heavy atom. The predicted octanol–water partition coefficient (Wildman–Crippen LogP) is 2.90. The second-order valence-corrected chi connectivity index (χ2v) is 2.45.